The van der Waals surface area contributed by atoms with Crippen molar-refractivity contribution in [3.63, 3.8) is 0 Å². The Hall–Kier alpha value is -2.80. The Bertz CT molecular complexity index is 892. The van der Waals surface area contributed by atoms with Gasteiger partial charge in [0.05, 0.1) is 25.1 Å². The summed E-state index contributed by atoms with van der Waals surface area (Å²) < 4.78 is 5.20. The maximum atomic E-state index is 12.8. The number of benzene rings is 2. The Morgan fingerprint density at radius 2 is 1.83 bits per heavy atom. The Balaban J connectivity index is 1.75. The molecule has 0 N–H and O–H groups in total. The van der Waals surface area contributed by atoms with E-state index in [2.05, 4.69) is 10.2 Å². The molecule has 7 heteroatoms. The first-order valence-electron chi connectivity index (χ1n) is 9.51. The van der Waals surface area contributed by atoms with Gasteiger partial charge in [-0.1, -0.05) is 43.0 Å². The summed E-state index contributed by atoms with van der Waals surface area (Å²) in [7, 11) is 5.65. The molecule has 0 aromatic heterocycles. The molecule has 0 aliphatic carbocycles. The molecule has 1 aliphatic heterocycles. The molecular weight excluding hydrogens is 384 g/mol. The molecule has 152 valence electrons. The first-order chi connectivity index (χ1) is 14.0. The lowest BCUT2D eigenvalue weighted by Gasteiger charge is -2.16. The van der Waals surface area contributed by atoms with Crippen LogP contribution < -0.4 is 9.64 Å². The van der Waals surface area contributed by atoms with E-state index >= 15 is 0 Å². The fourth-order valence-electron chi connectivity index (χ4n) is 2.91. The molecule has 0 bridgehead atoms. The number of thioether (sulfide) groups is 1. The zero-order valence-electron chi connectivity index (χ0n) is 17.2. The Labute approximate surface area is 176 Å². The number of ether oxygens (including phenoxy) is 1. The van der Waals surface area contributed by atoms with Crippen molar-refractivity contribution in [2.24, 2.45) is 10.2 Å². The molecular formula is C22H26N4O2S. The highest BCUT2D eigenvalue weighted by molar-refractivity contribution is 8.15. The SMILES string of the molecule is CCC1SC(=NN=Cc2ccc(N(C)C)cc2)N(Cc2ccc(OC)cc2)C1=O. The highest BCUT2D eigenvalue weighted by Crippen LogP contribution is 2.31. The van der Waals surface area contributed by atoms with Gasteiger partial charge in [0.2, 0.25) is 5.91 Å². The third-order valence-electron chi connectivity index (χ3n) is 4.65. The van der Waals surface area contributed by atoms with Crippen LogP contribution in [0.3, 0.4) is 0 Å². The summed E-state index contributed by atoms with van der Waals surface area (Å²) in [6, 6.07) is 15.8. The van der Waals surface area contributed by atoms with Crippen LogP contribution >= 0.6 is 11.8 Å². The lowest BCUT2D eigenvalue weighted by molar-refractivity contribution is -0.126. The van der Waals surface area contributed by atoms with E-state index in [9.17, 15) is 4.79 Å². The van der Waals surface area contributed by atoms with Crippen LogP contribution in [0.25, 0.3) is 0 Å². The predicted octanol–water partition coefficient (Wildman–Crippen LogP) is 4.01. The van der Waals surface area contributed by atoms with E-state index in [1.165, 1.54) is 11.8 Å². The number of amides is 1. The third-order valence-corrected chi connectivity index (χ3v) is 5.98. The maximum absolute atomic E-state index is 12.8. The van der Waals surface area contributed by atoms with Crippen molar-refractivity contribution in [3.8, 4) is 5.75 Å². The van der Waals surface area contributed by atoms with Crippen LogP contribution in [0.4, 0.5) is 5.69 Å². The number of anilines is 1. The smallest absolute Gasteiger partial charge is 0.242 e. The molecule has 29 heavy (non-hydrogen) atoms. The van der Waals surface area contributed by atoms with Gasteiger partial charge in [-0.3, -0.25) is 9.69 Å². The molecule has 1 fully saturated rings. The van der Waals surface area contributed by atoms with Gasteiger partial charge in [0.25, 0.3) is 0 Å². The van der Waals surface area contributed by atoms with E-state index in [0.29, 0.717) is 11.7 Å². The van der Waals surface area contributed by atoms with Crippen molar-refractivity contribution < 1.29 is 9.53 Å². The summed E-state index contributed by atoms with van der Waals surface area (Å²) in [5.74, 6) is 0.874. The molecule has 1 aliphatic rings. The number of amidine groups is 1. The summed E-state index contributed by atoms with van der Waals surface area (Å²) in [6.45, 7) is 2.48. The first-order valence-corrected chi connectivity index (χ1v) is 10.4. The number of methoxy groups -OCH3 is 1. The van der Waals surface area contributed by atoms with Crippen molar-refractivity contribution in [1.82, 2.24) is 4.90 Å². The second kappa shape index (κ2) is 9.60. The third kappa shape index (κ3) is 5.17. The van der Waals surface area contributed by atoms with Crippen molar-refractivity contribution in [3.05, 3.63) is 59.7 Å². The fraction of sp³-hybridized carbons (Fsp3) is 0.318. The molecule has 2 aromatic rings. The van der Waals surface area contributed by atoms with Crippen molar-refractivity contribution in [2.75, 3.05) is 26.1 Å². The number of nitrogens with zero attached hydrogens (tertiary/aromatic N) is 4. The fourth-order valence-corrected chi connectivity index (χ4v) is 3.93. The number of rotatable bonds is 7. The van der Waals surface area contributed by atoms with Crippen molar-refractivity contribution in [1.29, 1.82) is 0 Å². The zero-order valence-corrected chi connectivity index (χ0v) is 18.0. The largest absolute Gasteiger partial charge is 0.497 e. The minimum Gasteiger partial charge on any atom is -0.497 e. The Morgan fingerprint density at radius 1 is 1.14 bits per heavy atom. The minimum absolute atomic E-state index is 0.0811. The number of hydrogen-bond donors (Lipinski definition) is 0. The van der Waals surface area contributed by atoms with Gasteiger partial charge in [0, 0.05) is 19.8 Å². The minimum atomic E-state index is -0.110. The molecule has 0 radical (unpaired) electrons. The molecule has 6 nitrogen and oxygen atoms in total. The monoisotopic (exact) mass is 410 g/mol. The van der Waals surface area contributed by atoms with Gasteiger partial charge in [-0.05, 0) is 41.8 Å². The lowest BCUT2D eigenvalue weighted by Crippen LogP contribution is -2.31. The van der Waals surface area contributed by atoms with Crippen LogP contribution in [-0.2, 0) is 11.3 Å². The van der Waals surface area contributed by atoms with Gasteiger partial charge in [-0.15, -0.1) is 5.10 Å². The highest BCUT2D eigenvalue weighted by Gasteiger charge is 2.36. The second-order valence-electron chi connectivity index (χ2n) is 6.90. The highest BCUT2D eigenvalue weighted by atomic mass is 32.2. The van der Waals surface area contributed by atoms with Crippen LogP contribution in [0.1, 0.15) is 24.5 Å². The summed E-state index contributed by atoms with van der Waals surface area (Å²) >= 11 is 1.48. The predicted molar refractivity (Wildman–Crippen MR) is 121 cm³/mol. The van der Waals surface area contributed by atoms with E-state index in [1.54, 1.807) is 18.2 Å². The summed E-state index contributed by atoms with van der Waals surface area (Å²) in [4.78, 5) is 16.5. The van der Waals surface area contributed by atoms with Crippen LogP contribution in [0.5, 0.6) is 5.75 Å². The molecule has 1 saturated heterocycles. The number of carbonyl (C=O) groups is 1. The van der Waals surface area contributed by atoms with Gasteiger partial charge in [-0.25, -0.2) is 0 Å². The van der Waals surface area contributed by atoms with Gasteiger partial charge < -0.3 is 9.64 Å². The summed E-state index contributed by atoms with van der Waals surface area (Å²) in [5.41, 5.74) is 3.11. The molecule has 1 heterocycles. The normalized spacial score (nSPS) is 18.1. The van der Waals surface area contributed by atoms with Crippen LogP contribution in [0, 0.1) is 0 Å². The molecule has 0 saturated carbocycles. The van der Waals surface area contributed by atoms with E-state index < -0.39 is 0 Å². The molecule has 2 aromatic carbocycles. The van der Waals surface area contributed by atoms with Gasteiger partial charge in [0.15, 0.2) is 5.17 Å². The molecule has 1 atom stereocenters. The summed E-state index contributed by atoms with van der Waals surface area (Å²) in [6.07, 6.45) is 2.47. The van der Waals surface area contributed by atoms with Crippen molar-refractivity contribution in [2.45, 2.75) is 25.1 Å². The number of carbonyl (C=O) groups excluding carboxylic acids is 1. The van der Waals surface area contributed by atoms with Crippen molar-refractivity contribution >= 4 is 34.7 Å². The quantitative estimate of drug-likeness (QED) is 0.511. The van der Waals surface area contributed by atoms with Gasteiger partial charge in [-0.2, -0.15) is 5.10 Å². The van der Waals surface area contributed by atoms with E-state index in [1.807, 2.05) is 74.4 Å². The second-order valence-corrected chi connectivity index (χ2v) is 8.07. The van der Waals surface area contributed by atoms with Crippen LogP contribution in [0.15, 0.2) is 58.7 Å². The zero-order chi connectivity index (χ0) is 20.8. The average molecular weight is 411 g/mol. The lowest BCUT2D eigenvalue weighted by atomic mass is 10.2. The standard InChI is InChI=1S/C22H26N4O2S/c1-5-20-21(27)26(15-17-8-12-19(28-4)13-9-17)22(29-20)24-23-14-16-6-10-18(11-7-16)25(2)3/h6-14,20H,5,15H2,1-4H3. The molecule has 0 spiro atoms. The van der Waals surface area contributed by atoms with Gasteiger partial charge in [0.1, 0.15) is 5.75 Å². The topological polar surface area (TPSA) is 57.5 Å². The van der Waals surface area contributed by atoms with E-state index in [0.717, 1.165) is 29.0 Å². The van der Waals surface area contributed by atoms with Crippen LogP contribution in [-0.4, -0.2) is 48.6 Å². The first kappa shape index (κ1) is 20.9. The molecule has 1 unspecified atom stereocenters. The van der Waals surface area contributed by atoms with E-state index in [4.69, 9.17) is 4.74 Å². The molecule has 3 rings (SSSR count). The summed E-state index contributed by atoms with van der Waals surface area (Å²) in [5, 5.41) is 9.12. The van der Waals surface area contributed by atoms with E-state index in [-0.39, 0.29) is 11.2 Å². The number of hydrogen-bond acceptors (Lipinski definition) is 6. The maximum Gasteiger partial charge on any atom is 0.242 e. The Morgan fingerprint density at radius 3 is 2.41 bits per heavy atom. The Kier molecular flexibility index (Phi) is 6.93. The van der Waals surface area contributed by atoms with Gasteiger partial charge >= 0.3 is 0 Å². The van der Waals surface area contributed by atoms with Crippen LogP contribution in [0.2, 0.25) is 0 Å². The average Bonchev–Trinajstić information content (AvgIpc) is 3.04. The molecule has 1 amide bonds.